The van der Waals surface area contributed by atoms with Crippen molar-refractivity contribution in [3.8, 4) is 0 Å². The van der Waals surface area contributed by atoms with E-state index in [0.717, 1.165) is 22.1 Å². The van der Waals surface area contributed by atoms with Gasteiger partial charge in [-0.2, -0.15) is 12.6 Å². The molecule has 1 saturated heterocycles. The summed E-state index contributed by atoms with van der Waals surface area (Å²) in [6.45, 7) is 8.15. The molecule has 0 aliphatic carbocycles. The summed E-state index contributed by atoms with van der Waals surface area (Å²) < 4.78 is 12.2. The summed E-state index contributed by atoms with van der Waals surface area (Å²) in [5.74, 6) is 0.538. The van der Waals surface area contributed by atoms with Crippen LogP contribution in [0, 0.1) is 0 Å². The maximum Gasteiger partial charge on any atom is 0.491 e. The molecule has 0 saturated carbocycles. The Bertz CT molecular complexity index is 794. The van der Waals surface area contributed by atoms with Crippen molar-refractivity contribution in [1.29, 1.82) is 0 Å². The van der Waals surface area contributed by atoms with E-state index in [4.69, 9.17) is 20.9 Å². The fourth-order valence-electron chi connectivity index (χ4n) is 2.49. The lowest BCUT2D eigenvalue weighted by atomic mass is 9.78. The zero-order valence-electron chi connectivity index (χ0n) is 14.2. The molecule has 3 rings (SSSR count). The van der Waals surface area contributed by atoms with E-state index < -0.39 is 7.12 Å². The number of rotatable bonds is 3. The van der Waals surface area contributed by atoms with Crippen LogP contribution in [0.1, 0.15) is 33.3 Å². The van der Waals surface area contributed by atoms with Crippen LogP contribution in [0.4, 0.5) is 0 Å². The smallest absolute Gasteiger partial charge is 0.400 e. The molecule has 1 aliphatic rings. The molecular weight excluding hydrogens is 343 g/mol. The zero-order valence-corrected chi connectivity index (χ0v) is 15.9. The van der Waals surface area contributed by atoms with Crippen molar-refractivity contribution in [3.63, 3.8) is 0 Å². The maximum absolute atomic E-state index is 6.11. The van der Waals surface area contributed by atoms with E-state index in [1.54, 1.807) is 6.20 Å². The Morgan fingerprint density at radius 1 is 1.21 bits per heavy atom. The first-order valence-corrected chi connectivity index (χ1v) is 8.82. The van der Waals surface area contributed by atoms with E-state index in [0.29, 0.717) is 10.9 Å². The van der Waals surface area contributed by atoms with Crippen LogP contribution in [0.5, 0.6) is 0 Å². The second-order valence-electron chi connectivity index (χ2n) is 6.91. The van der Waals surface area contributed by atoms with Crippen molar-refractivity contribution in [2.75, 3.05) is 5.75 Å². The Kier molecular flexibility index (Phi) is 4.68. The third-order valence-corrected chi connectivity index (χ3v) is 5.17. The average Bonchev–Trinajstić information content (AvgIpc) is 2.72. The van der Waals surface area contributed by atoms with Gasteiger partial charge in [-0.15, -0.1) is 0 Å². The van der Waals surface area contributed by atoms with Crippen LogP contribution in [-0.4, -0.2) is 34.0 Å². The predicted molar refractivity (Wildman–Crippen MR) is 102 cm³/mol. The van der Waals surface area contributed by atoms with Gasteiger partial charge in [0.1, 0.15) is 5.15 Å². The molecule has 24 heavy (non-hydrogen) atoms. The topological polar surface area (TPSA) is 44.2 Å². The first kappa shape index (κ1) is 17.7. The van der Waals surface area contributed by atoms with E-state index >= 15 is 0 Å². The van der Waals surface area contributed by atoms with Crippen LogP contribution >= 0.6 is 24.2 Å². The van der Waals surface area contributed by atoms with Crippen LogP contribution < -0.4 is 0 Å². The quantitative estimate of drug-likeness (QED) is 0.655. The van der Waals surface area contributed by atoms with Gasteiger partial charge in [-0.3, -0.25) is 4.98 Å². The van der Waals surface area contributed by atoms with Gasteiger partial charge >= 0.3 is 7.12 Å². The lowest BCUT2D eigenvalue weighted by Crippen LogP contribution is -2.41. The summed E-state index contributed by atoms with van der Waals surface area (Å²) in [5.41, 5.74) is 2.76. The van der Waals surface area contributed by atoms with Gasteiger partial charge in [0, 0.05) is 5.75 Å². The van der Waals surface area contributed by atoms with Gasteiger partial charge in [-0.1, -0.05) is 23.7 Å². The Balaban J connectivity index is 1.94. The highest BCUT2D eigenvalue weighted by Gasteiger charge is 2.52. The monoisotopic (exact) mass is 362 g/mol. The molecule has 0 radical (unpaired) electrons. The lowest BCUT2D eigenvalue weighted by Gasteiger charge is -2.32. The first-order valence-electron chi connectivity index (χ1n) is 7.81. The van der Waals surface area contributed by atoms with Crippen LogP contribution in [-0.2, 0) is 9.31 Å². The van der Waals surface area contributed by atoms with Gasteiger partial charge in [0.15, 0.2) is 0 Å². The molecule has 7 heteroatoms. The van der Waals surface area contributed by atoms with Crippen LogP contribution in [0.25, 0.3) is 17.1 Å². The number of aromatic nitrogens is 2. The SMILES string of the molecule is CC1(C)OB(C(=Cc2ccc3ncc(Cl)nc3c2)CS)OC1(C)C. The molecule has 0 N–H and O–H groups in total. The molecule has 1 aromatic carbocycles. The van der Waals surface area contributed by atoms with E-state index in [1.807, 2.05) is 52.0 Å². The highest BCUT2D eigenvalue weighted by atomic mass is 35.5. The summed E-state index contributed by atoms with van der Waals surface area (Å²) in [7, 11) is -0.409. The second kappa shape index (κ2) is 6.34. The molecule has 126 valence electrons. The Labute approximate surface area is 153 Å². The summed E-state index contributed by atoms with van der Waals surface area (Å²) in [6, 6.07) is 5.85. The van der Waals surface area contributed by atoms with E-state index in [9.17, 15) is 0 Å². The molecule has 0 atom stereocenters. The molecule has 2 heterocycles. The number of halogens is 1. The van der Waals surface area contributed by atoms with Crippen LogP contribution in [0.3, 0.4) is 0 Å². The van der Waals surface area contributed by atoms with Crippen molar-refractivity contribution >= 4 is 48.5 Å². The third-order valence-electron chi connectivity index (χ3n) is 4.63. The number of benzene rings is 1. The average molecular weight is 363 g/mol. The largest absolute Gasteiger partial charge is 0.491 e. The molecule has 0 unspecified atom stereocenters. The maximum atomic E-state index is 6.11. The van der Waals surface area contributed by atoms with Gasteiger partial charge in [0.25, 0.3) is 0 Å². The molecular formula is C17H20BClN2O2S. The van der Waals surface area contributed by atoms with Crippen molar-refractivity contribution in [1.82, 2.24) is 9.97 Å². The molecule has 2 aromatic rings. The fourth-order valence-corrected chi connectivity index (χ4v) is 2.87. The number of thiol groups is 1. The van der Waals surface area contributed by atoms with Gasteiger partial charge in [-0.05, 0) is 50.9 Å². The summed E-state index contributed by atoms with van der Waals surface area (Å²) in [5, 5.41) is 0.379. The van der Waals surface area contributed by atoms with E-state index in [1.165, 1.54) is 0 Å². The zero-order chi connectivity index (χ0) is 17.5. The Hall–Kier alpha value is -1.08. The highest BCUT2D eigenvalue weighted by Crippen LogP contribution is 2.39. The third kappa shape index (κ3) is 3.33. The summed E-state index contributed by atoms with van der Waals surface area (Å²) >= 11 is 10.4. The minimum Gasteiger partial charge on any atom is -0.400 e. The minimum absolute atomic E-state index is 0.373. The molecule has 0 bridgehead atoms. The van der Waals surface area contributed by atoms with Gasteiger partial charge in [0.2, 0.25) is 0 Å². The standard InChI is InChI=1S/C17H20BClN2O2S/c1-16(2)17(3,4)23-18(22-16)12(10-24)7-11-5-6-13-14(8-11)21-15(19)9-20-13/h5-9,24H,10H2,1-4H3. The van der Waals surface area contributed by atoms with Crippen LogP contribution in [0.2, 0.25) is 5.15 Å². The Morgan fingerprint density at radius 2 is 1.88 bits per heavy atom. The normalized spacial score (nSPS) is 19.9. The van der Waals surface area contributed by atoms with Crippen molar-refractivity contribution in [2.24, 2.45) is 0 Å². The number of fused-ring (bicyclic) bond motifs is 1. The number of nitrogens with zero attached hydrogens (tertiary/aromatic N) is 2. The number of hydrogen-bond donors (Lipinski definition) is 1. The molecule has 1 aromatic heterocycles. The highest BCUT2D eigenvalue weighted by molar-refractivity contribution is 7.80. The lowest BCUT2D eigenvalue weighted by molar-refractivity contribution is 0.00578. The van der Waals surface area contributed by atoms with Gasteiger partial charge in [0.05, 0.1) is 28.4 Å². The minimum atomic E-state index is -0.409. The second-order valence-corrected chi connectivity index (χ2v) is 7.61. The summed E-state index contributed by atoms with van der Waals surface area (Å²) in [4.78, 5) is 8.56. The molecule has 0 amide bonds. The van der Waals surface area contributed by atoms with Crippen molar-refractivity contribution in [3.05, 3.63) is 40.6 Å². The molecule has 1 fully saturated rings. The molecule has 4 nitrogen and oxygen atoms in total. The van der Waals surface area contributed by atoms with Crippen molar-refractivity contribution < 1.29 is 9.31 Å². The van der Waals surface area contributed by atoms with E-state index in [2.05, 4.69) is 22.6 Å². The van der Waals surface area contributed by atoms with Gasteiger partial charge < -0.3 is 9.31 Å². The van der Waals surface area contributed by atoms with E-state index in [-0.39, 0.29) is 11.2 Å². The molecule has 1 aliphatic heterocycles. The van der Waals surface area contributed by atoms with Crippen LogP contribution in [0.15, 0.2) is 29.9 Å². The van der Waals surface area contributed by atoms with Gasteiger partial charge in [-0.25, -0.2) is 4.98 Å². The Morgan fingerprint density at radius 3 is 2.50 bits per heavy atom. The summed E-state index contributed by atoms with van der Waals surface area (Å²) in [6.07, 6.45) is 3.57. The fraction of sp³-hybridized carbons (Fsp3) is 0.412. The predicted octanol–water partition coefficient (Wildman–Crippen LogP) is 4.23. The number of hydrogen-bond acceptors (Lipinski definition) is 5. The first-order chi connectivity index (χ1) is 11.2. The molecule has 0 spiro atoms. The van der Waals surface area contributed by atoms with Crippen molar-refractivity contribution in [2.45, 2.75) is 38.9 Å².